The van der Waals surface area contributed by atoms with E-state index in [1.54, 1.807) is 0 Å². The zero-order valence-corrected chi connectivity index (χ0v) is 5.20. The Kier molecular flexibility index (Phi) is 1.24. The van der Waals surface area contributed by atoms with Crippen LogP contribution in [0.5, 0.6) is 0 Å². The van der Waals surface area contributed by atoms with Crippen molar-refractivity contribution in [1.82, 2.24) is 0 Å². The molecule has 0 radical (unpaired) electrons. The van der Waals surface area contributed by atoms with Crippen LogP contribution in [-0.4, -0.2) is 0 Å². The highest BCUT2D eigenvalue weighted by atomic mass is 32.1. The van der Waals surface area contributed by atoms with E-state index in [1.165, 1.54) is 10.5 Å². The van der Waals surface area contributed by atoms with Crippen LogP contribution >= 0.6 is 12.6 Å². The Hall–Kier alpha value is -0.170. The third kappa shape index (κ3) is 1.10. The number of hydrogen-bond acceptors (Lipinski definition) is 1. The van der Waals surface area contributed by atoms with Gasteiger partial charge in [0, 0.05) is 0 Å². The lowest BCUT2D eigenvalue weighted by atomic mass is 10.3. The third-order valence-corrected chi connectivity index (χ3v) is 1.33. The van der Waals surface area contributed by atoms with E-state index in [4.69, 9.17) is 0 Å². The summed E-state index contributed by atoms with van der Waals surface area (Å²) in [5.74, 6) is 0. The Balaban J connectivity index is 2.61. The minimum Gasteiger partial charge on any atom is -0.148 e. The maximum Gasteiger partial charge on any atom is -0.000917 e. The molecule has 1 heteroatoms. The lowest BCUT2D eigenvalue weighted by Gasteiger charge is -1.86. The SMILES string of the molecule is CC1=CC=C(S)C1. The first-order chi connectivity index (χ1) is 3.29. The van der Waals surface area contributed by atoms with Gasteiger partial charge in [-0.2, -0.15) is 0 Å². The summed E-state index contributed by atoms with van der Waals surface area (Å²) in [5.41, 5.74) is 1.41. The molecular weight excluding hydrogens is 104 g/mol. The molecule has 0 saturated carbocycles. The molecule has 0 aromatic carbocycles. The van der Waals surface area contributed by atoms with Crippen molar-refractivity contribution in [3.8, 4) is 0 Å². The molecule has 0 aliphatic heterocycles. The van der Waals surface area contributed by atoms with Crippen LogP contribution in [0.4, 0.5) is 0 Å². The summed E-state index contributed by atoms with van der Waals surface area (Å²) in [7, 11) is 0. The molecule has 1 aliphatic carbocycles. The van der Waals surface area contributed by atoms with Crippen LogP contribution in [0.3, 0.4) is 0 Å². The van der Waals surface area contributed by atoms with Crippen molar-refractivity contribution in [3.05, 3.63) is 22.6 Å². The summed E-state index contributed by atoms with van der Waals surface area (Å²) in [5, 5.41) is 0. The molecule has 0 spiro atoms. The van der Waals surface area contributed by atoms with Crippen LogP contribution in [-0.2, 0) is 0 Å². The fraction of sp³-hybridized carbons (Fsp3) is 0.333. The molecule has 38 valence electrons. The van der Waals surface area contributed by atoms with Crippen molar-refractivity contribution in [2.75, 3.05) is 0 Å². The number of thiol groups is 1. The number of rotatable bonds is 0. The van der Waals surface area contributed by atoms with Gasteiger partial charge in [0.15, 0.2) is 0 Å². The highest BCUT2D eigenvalue weighted by Crippen LogP contribution is 2.19. The smallest absolute Gasteiger partial charge is 0.000917 e. The summed E-state index contributed by atoms with van der Waals surface area (Å²) in [4.78, 5) is 1.18. The van der Waals surface area contributed by atoms with Crippen molar-refractivity contribution >= 4 is 12.6 Å². The Morgan fingerprint density at radius 1 is 1.57 bits per heavy atom. The Bertz CT molecular complexity index is 115. The average molecular weight is 112 g/mol. The van der Waals surface area contributed by atoms with Gasteiger partial charge >= 0.3 is 0 Å². The summed E-state index contributed by atoms with van der Waals surface area (Å²) >= 11 is 4.16. The molecule has 0 atom stereocenters. The van der Waals surface area contributed by atoms with Crippen LogP contribution in [0.2, 0.25) is 0 Å². The zero-order chi connectivity index (χ0) is 5.28. The summed E-state index contributed by atoms with van der Waals surface area (Å²) < 4.78 is 0. The fourth-order valence-electron chi connectivity index (χ4n) is 0.642. The molecule has 0 heterocycles. The van der Waals surface area contributed by atoms with Gasteiger partial charge < -0.3 is 0 Å². The monoisotopic (exact) mass is 112 g/mol. The van der Waals surface area contributed by atoms with E-state index in [1.807, 2.05) is 6.08 Å². The molecule has 0 unspecified atom stereocenters. The molecule has 0 aromatic heterocycles. The Morgan fingerprint density at radius 2 is 2.29 bits per heavy atom. The van der Waals surface area contributed by atoms with Gasteiger partial charge in [-0.05, 0) is 18.2 Å². The molecule has 0 amide bonds. The van der Waals surface area contributed by atoms with Crippen LogP contribution in [0.25, 0.3) is 0 Å². The van der Waals surface area contributed by atoms with E-state index in [-0.39, 0.29) is 0 Å². The predicted octanol–water partition coefficient (Wildman–Crippen LogP) is 2.15. The maximum absolute atomic E-state index is 4.16. The molecule has 0 N–H and O–H groups in total. The normalized spacial score (nSPS) is 19.1. The molecule has 0 nitrogen and oxygen atoms in total. The molecular formula is C6H8S. The largest absolute Gasteiger partial charge is 0.148 e. The molecule has 0 bridgehead atoms. The first-order valence-electron chi connectivity index (χ1n) is 2.34. The molecule has 0 aromatic rings. The lowest BCUT2D eigenvalue weighted by molar-refractivity contribution is 1.24. The highest BCUT2D eigenvalue weighted by molar-refractivity contribution is 7.84. The van der Waals surface area contributed by atoms with Gasteiger partial charge in [-0.1, -0.05) is 17.7 Å². The van der Waals surface area contributed by atoms with Crippen molar-refractivity contribution in [2.24, 2.45) is 0 Å². The molecule has 1 aliphatic rings. The summed E-state index contributed by atoms with van der Waals surface area (Å²) in [6.45, 7) is 2.11. The predicted molar refractivity (Wildman–Crippen MR) is 35.4 cm³/mol. The van der Waals surface area contributed by atoms with Gasteiger partial charge in [-0.25, -0.2) is 0 Å². The second-order valence-corrected chi connectivity index (χ2v) is 2.42. The molecule has 0 saturated heterocycles. The van der Waals surface area contributed by atoms with E-state index in [2.05, 4.69) is 25.6 Å². The van der Waals surface area contributed by atoms with E-state index in [9.17, 15) is 0 Å². The minimum atomic E-state index is 1.06. The topological polar surface area (TPSA) is 0 Å². The summed E-state index contributed by atoms with van der Waals surface area (Å²) in [6.07, 6.45) is 5.20. The van der Waals surface area contributed by atoms with Crippen molar-refractivity contribution in [3.63, 3.8) is 0 Å². The molecule has 7 heavy (non-hydrogen) atoms. The van der Waals surface area contributed by atoms with Crippen LogP contribution in [0.15, 0.2) is 22.6 Å². The van der Waals surface area contributed by atoms with Gasteiger partial charge in [0.05, 0.1) is 0 Å². The zero-order valence-electron chi connectivity index (χ0n) is 4.31. The first kappa shape index (κ1) is 4.98. The van der Waals surface area contributed by atoms with Crippen molar-refractivity contribution < 1.29 is 0 Å². The second kappa shape index (κ2) is 1.74. The van der Waals surface area contributed by atoms with Crippen molar-refractivity contribution in [1.29, 1.82) is 0 Å². The van der Waals surface area contributed by atoms with Crippen LogP contribution < -0.4 is 0 Å². The van der Waals surface area contributed by atoms with Crippen LogP contribution in [0, 0.1) is 0 Å². The lowest BCUT2D eigenvalue weighted by Crippen LogP contribution is -1.64. The van der Waals surface area contributed by atoms with Crippen molar-refractivity contribution in [2.45, 2.75) is 13.3 Å². The number of allylic oxidation sites excluding steroid dienone is 4. The molecule has 1 rings (SSSR count). The Morgan fingerprint density at radius 3 is 2.43 bits per heavy atom. The maximum atomic E-state index is 4.16. The van der Waals surface area contributed by atoms with Gasteiger partial charge in [-0.3, -0.25) is 0 Å². The van der Waals surface area contributed by atoms with E-state index in [0.29, 0.717) is 0 Å². The van der Waals surface area contributed by atoms with Gasteiger partial charge in [0.25, 0.3) is 0 Å². The van der Waals surface area contributed by atoms with E-state index in [0.717, 1.165) is 6.42 Å². The van der Waals surface area contributed by atoms with Gasteiger partial charge in [0.2, 0.25) is 0 Å². The standard InChI is InChI=1S/C6H8S/c1-5-2-3-6(7)4-5/h2-3,7H,4H2,1H3. The van der Waals surface area contributed by atoms with Gasteiger partial charge in [0.1, 0.15) is 0 Å². The number of hydrogen-bond donors (Lipinski definition) is 1. The quantitative estimate of drug-likeness (QED) is 0.456. The summed E-state index contributed by atoms with van der Waals surface area (Å²) in [6, 6.07) is 0. The van der Waals surface area contributed by atoms with E-state index >= 15 is 0 Å². The average Bonchev–Trinajstić information content (AvgIpc) is 1.87. The van der Waals surface area contributed by atoms with Crippen LogP contribution in [0.1, 0.15) is 13.3 Å². The first-order valence-corrected chi connectivity index (χ1v) is 2.79. The molecule has 0 fully saturated rings. The Labute approximate surface area is 49.3 Å². The second-order valence-electron chi connectivity index (χ2n) is 1.85. The fourth-order valence-corrected chi connectivity index (χ4v) is 0.966. The third-order valence-electron chi connectivity index (χ3n) is 1.02. The van der Waals surface area contributed by atoms with Gasteiger partial charge in [-0.15, -0.1) is 12.6 Å². The minimum absolute atomic E-state index is 1.06. The van der Waals surface area contributed by atoms with E-state index < -0.39 is 0 Å². The highest BCUT2D eigenvalue weighted by Gasteiger charge is 1.96.